The molecule has 1 aromatic heterocycles. The Morgan fingerprint density at radius 3 is 2.33 bits per heavy atom. The van der Waals surface area contributed by atoms with Gasteiger partial charge in [-0.15, -0.1) is 11.3 Å². The Balaban J connectivity index is 1.33. The summed E-state index contributed by atoms with van der Waals surface area (Å²) < 4.78 is 16.8. The summed E-state index contributed by atoms with van der Waals surface area (Å²) in [6, 6.07) is 26.7. The monoisotopic (exact) mass is 593 g/mol. The second kappa shape index (κ2) is 14.7. The zero-order valence-electron chi connectivity index (χ0n) is 24.5. The Kier molecular flexibility index (Phi) is 10.3. The smallest absolute Gasteiger partial charge is 0.341 e. The third-order valence-corrected chi connectivity index (χ3v) is 8.14. The quantitative estimate of drug-likeness (QED) is 0.207. The molecule has 1 fully saturated rings. The number of morpholine rings is 1. The minimum absolute atomic E-state index is 0.358. The molecule has 6 nitrogen and oxygen atoms in total. The fourth-order valence-corrected chi connectivity index (χ4v) is 5.66. The summed E-state index contributed by atoms with van der Waals surface area (Å²) in [4.78, 5) is 15.7. The highest BCUT2D eigenvalue weighted by molar-refractivity contribution is 7.15. The minimum Gasteiger partial charge on any atom is -0.489 e. The van der Waals surface area contributed by atoms with Gasteiger partial charge in [0.05, 0.1) is 19.8 Å². The Bertz CT molecular complexity index is 1620. The number of aryl methyl sites for hydroxylation is 2. The van der Waals surface area contributed by atoms with Crippen molar-refractivity contribution in [1.82, 2.24) is 4.90 Å². The molecule has 1 aliphatic heterocycles. The number of thiophene rings is 1. The molecule has 1 saturated heterocycles. The van der Waals surface area contributed by atoms with Gasteiger partial charge in [-0.2, -0.15) is 0 Å². The first-order valence-corrected chi connectivity index (χ1v) is 15.1. The van der Waals surface area contributed by atoms with Crippen LogP contribution in [0.25, 0.3) is 16.0 Å². The van der Waals surface area contributed by atoms with Crippen LogP contribution < -0.4 is 9.47 Å². The Morgan fingerprint density at radius 1 is 0.953 bits per heavy atom. The van der Waals surface area contributed by atoms with E-state index >= 15 is 0 Å². The molecule has 2 heterocycles. The third kappa shape index (κ3) is 8.59. The van der Waals surface area contributed by atoms with Gasteiger partial charge in [-0.05, 0) is 90.2 Å². The zero-order chi connectivity index (χ0) is 30.0. The molecule has 1 N–H and O–H groups in total. The van der Waals surface area contributed by atoms with Crippen molar-refractivity contribution in [1.29, 1.82) is 0 Å². The highest BCUT2D eigenvalue weighted by Crippen LogP contribution is 2.31. The van der Waals surface area contributed by atoms with E-state index in [0.717, 1.165) is 60.7 Å². The van der Waals surface area contributed by atoms with Gasteiger partial charge in [-0.1, -0.05) is 48.2 Å². The van der Waals surface area contributed by atoms with Crippen LogP contribution in [0.3, 0.4) is 0 Å². The number of ether oxygens (including phenoxy) is 3. The van der Waals surface area contributed by atoms with Gasteiger partial charge in [0.25, 0.3) is 0 Å². The lowest BCUT2D eigenvalue weighted by Crippen LogP contribution is -2.36. The molecule has 0 saturated carbocycles. The lowest BCUT2D eigenvalue weighted by atomic mass is 9.95. The predicted molar refractivity (Wildman–Crippen MR) is 172 cm³/mol. The molecule has 0 atom stereocenters. The highest BCUT2D eigenvalue weighted by Gasteiger charge is 2.10. The maximum Gasteiger partial charge on any atom is 0.341 e. The maximum absolute atomic E-state index is 10.8. The van der Waals surface area contributed by atoms with Crippen LogP contribution >= 0.6 is 11.3 Å². The van der Waals surface area contributed by atoms with E-state index in [1.807, 2.05) is 13.0 Å². The fourth-order valence-electron chi connectivity index (χ4n) is 4.79. The van der Waals surface area contributed by atoms with Crippen LogP contribution in [0, 0.1) is 25.7 Å². The number of hydrogen-bond acceptors (Lipinski definition) is 6. The SMILES string of the molecule is Cc1ccc(-c2ccc(/C(=C/COc3ccc(OCC(=O)O)c(C)c3)c3ccc(C#CCN4CCOCC4)cc3)cc2)s1. The molecular weight excluding hydrogens is 558 g/mol. The molecule has 7 heteroatoms. The van der Waals surface area contributed by atoms with Crippen LogP contribution in [0.5, 0.6) is 11.5 Å². The van der Waals surface area contributed by atoms with Gasteiger partial charge >= 0.3 is 5.97 Å². The van der Waals surface area contributed by atoms with E-state index in [2.05, 4.69) is 90.4 Å². The van der Waals surface area contributed by atoms with Crippen LogP contribution in [0.15, 0.2) is 84.9 Å². The number of rotatable bonds is 10. The molecular formula is C36H35NO5S. The van der Waals surface area contributed by atoms with E-state index in [9.17, 15) is 4.79 Å². The van der Waals surface area contributed by atoms with Crippen LogP contribution in [0.2, 0.25) is 0 Å². The van der Waals surface area contributed by atoms with Crippen molar-refractivity contribution in [2.45, 2.75) is 13.8 Å². The highest BCUT2D eigenvalue weighted by atomic mass is 32.1. The van der Waals surface area contributed by atoms with Gasteiger partial charge < -0.3 is 19.3 Å². The fraction of sp³-hybridized carbons (Fsp3) is 0.250. The standard InChI is InChI=1S/C36H35NO5S/c1-26-24-32(14-15-34(26)42-25-36(38)39)41-21-17-33(30-10-12-31(13-11-30)35-16-5-27(2)43-35)29-8-6-28(7-9-29)4-3-18-37-19-22-40-23-20-37/h5-17,24H,18-23,25H2,1-2H3,(H,38,39)/b33-17+. The second-order valence-corrected chi connectivity index (χ2v) is 11.6. The summed E-state index contributed by atoms with van der Waals surface area (Å²) in [7, 11) is 0. The van der Waals surface area contributed by atoms with E-state index in [0.29, 0.717) is 18.1 Å². The molecule has 43 heavy (non-hydrogen) atoms. The maximum atomic E-state index is 10.8. The molecule has 0 amide bonds. The number of benzene rings is 3. The summed E-state index contributed by atoms with van der Waals surface area (Å²) in [5.74, 6) is 6.80. The molecule has 5 rings (SSSR count). The lowest BCUT2D eigenvalue weighted by Gasteiger charge is -2.24. The second-order valence-electron chi connectivity index (χ2n) is 10.3. The first-order chi connectivity index (χ1) is 20.9. The third-order valence-electron chi connectivity index (χ3n) is 7.09. The average molecular weight is 594 g/mol. The molecule has 0 bridgehead atoms. The molecule has 0 unspecified atom stereocenters. The molecule has 0 radical (unpaired) electrons. The summed E-state index contributed by atoms with van der Waals surface area (Å²) in [5.41, 5.74) is 6.24. The van der Waals surface area contributed by atoms with Gasteiger partial charge in [0.2, 0.25) is 0 Å². The first kappa shape index (κ1) is 30.1. The van der Waals surface area contributed by atoms with E-state index < -0.39 is 5.97 Å². The summed E-state index contributed by atoms with van der Waals surface area (Å²) in [5, 5.41) is 8.89. The average Bonchev–Trinajstić information content (AvgIpc) is 3.46. The number of hydrogen-bond donors (Lipinski definition) is 1. The molecule has 0 spiro atoms. The van der Waals surface area contributed by atoms with Gasteiger partial charge in [-0.25, -0.2) is 4.79 Å². The van der Waals surface area contributed by atoms with E-state index in [1.54, 1.807) is 23.5 Å². The van der Waals surface area contributed by atoms with Gasteiger partial charge in [0.1, 0.15) is 18.1 Å². The molecule has 3 aromatic carbocycles. The van der Waals surface area contributed by atoms with E-state index in [-0.39, 0.29) is 6.61 Å². The predicted octanol–water partition coefficient (Wildman–Crippen LogP) is 6.69. The normalized spacial score (nSPS) is 13.7. The van der Waals surface area contributed by atoms with Crippen LogP contribution in [0.4, 0.5) is 0 Å². The Hall–Kier alpha value is -4.35. The zero-order valence-corrected chi connectivity index (χ0v) is 25.3. The molecule has 1 aliphatic rings. The van der Waals surface area contributed by atoms with E-state index in [4.69, 9.17) is 19.3 Å². The number of carbonyl (C=O) groups is 1. The Morgan fingerprint density at radius 2 is 1.67 bits per heavy atom. The van der Waals surface area contributed by atoms with Crippen molar-refractivity contribution in [3.63, 3.8) is 0 Å². The van der Waals surface area contributed by atoms with Crippen molar-refractivity contribution in [3.05, 3.63) is 112 Å². The van der Waals surface area contributed by atoms with Crippen LogP contribution in [-0.2, 0) is 9.53 Å². The number of aliphatic carboxylic acids is 1. The summed E-state index contributed by atoms with van der Waals surface area (Å²) in [6.45, 7) is 8.12. The Labute approximate surface area is 257 Å². The van der Waals surface area contributed by atoms with Crippen molar-refractivity contribution in [2.75, 3.05) is 46.1 Å². The number of carboxylic acid groups (broad SMARTS) is 1. The summed E-state index contributed by atoms with van der Waals surface area (Å²) >= 11 is 1.79. The van der Waals surface area contributed by atoms with Crippen LogP contribution in [-0.4, -0.2) is 62.0 Å². The topological polar surface area (TPSA) is 68.2 Å². The number of carboxylic acids is 1. The van der Waals surface area contributed by atoms with Gasteiger partial charge in [0.15, 0.2) is 6.61 Å². The lowest BCUT2D eigenvalue weighted by molar-refractivity contribution is -0.139. The van der Waals surface area contributed by atoms with E-state index in [1.165, 1.54) is 15.3 Å². The van der Waals surface area contributed by atoms with Crippen molar-refractivity contribution in [3.8, 4) is 33.8 Å². The van der Waals surface area contributed by atoms with Gasteiger partial charge in [0, 0.05) is 28.4 Å². The minimum atomic E-state index is -1.01. The molecule has 4 aromatic rings. The van der Waals surface area contributed by atoms with Crippen molar-refractivity contribution < 1.29 is 24.1 Å². The number of nitrogens with zero attached hydrogens (tertiary/aromatic N) is 1. The summed E-state index contributed by atoms with van der Waals surface area (Å²) in [6.07, 6.45) is 2.09. The van der Waals surface area contributed by atoms with Gasteiger partial charge in [-0.3, -0.25) is 4.90 Å². The molecule has 0 aliphatic carbocycles. The molecule has 220 valence electrons. The van der Waals surface area contributed by atoms with Crippen LogP contribution in [0.1, 0.15) is 27.1 Å². The largest absolute Gasteiger partial charge is 0.489 e. The van der Waals surface area contributed by atoms with Crippen molar-refractivity contribution >= 4 is 22.9 Å². The first-order valence-electron chi connectivity index (χ1n) is 14.3. The van der Waals surface area contributed by atoms with Crippen molar-refractivity contribution in [2.24, 2.45) is 0 Å².